The summed E-state index contributed by atoms with van der Waals surface area (Å²) in [5.41, 5.74) is 13.0. The Labute approximate surface area is 290 Å². The number of hydrogen-bond acceptors (Lipinski definition) is 2. The summed E-state index contributed by atoms with van der Waals surface area (Å²) < 4.78 is 2.15. The van der Waals surface area contributed by atoms with Gasteiger partial charge in [-0.2, -0.15) is 0 Å². The minimum atomic E-state index is -0.325. The first-order valence-corrected chi connectivity index (χ1v) is 16.9. The number of hydrogen-bond donors (Lipinski definition) is 0. The number of rotatable bonds is 5. The van der Waals surface area contributed by atoms with Crippen LogP contribution in [0.1, 0.15) is 31.8 Å². The molecule has 0 fully saturated rings. The van der Waals surface area contributed by atoms with Gasteiger partial charge in [0, 0.05) is 10.8 Å². The van der Waals surface area contributed by atoms with Gasteiger partial charge in [-0.25, -0.2) is 4.90 Å². The number of nitrogens with zero attached hydrogens (tertiary/aromatic N) is 2. The minimum absolute atomic E-state index is 0.318. The van der Waals surface area contributed by atoms with E-state index in [0.29, 0.717) is 22.5 Å². The average Bonchev–Trinajstić information content (AvgIpc) is 3.62. The van der Waals surface area contributed by atoms with Crippen LogP contribution in [-0.2, 0) is 0 Å². The Kier molecular flexibility index (Phi) is 6.85. The normalized spacial score (nSPS) is 12.6. The SMILES string of the molecule is Cc1ccccc1-c1ccc2c(c1)c1cc(-c3ccccc3C)ccc1n2-c1cccc2c1C(=O)N(c1cccc(-c3ccccc3)c1)C2=O. The van der Waals surface area contributed by atoms with E-state index in [1.54, 1.807) is 6.07 Å². The number of fused-ring (bicyclic) bond motifs is 4. The second-order valence-corrected chi connectivity index (χ2v) is 13.0. The zero-order valence-corrected chi connectivity index (χ0v) is 27.7. The van der Waals surface area contributed by atoms with E-state index < -0.39 is 0 Å². The molecule has 238 valence electrons. The molecule has 0 saturated heterocycles. The molecule has 4 heteroatoms. The van der Waals surface area contributed by atoms with Crippen molar-refractivity contribution in [3.8, 4) is 39.1 Å². The third-order valence-corrected chi connectivity index (χ3v) is 10.0. The van der Waals surface area contributed by atoms with Crippen molar-refractivity contribution < 1.29 is 9.59 Å². The van der Waals surface area contributed by atoms with E-state index in [0.717, 1.165) is 44.1 Å². The van der Waals surface area contributed by atoms with E-state index in [1.165, 1.54) is 27.2 Å². The van der Waals surface area contributed by atoms with Gasteiger partial charge < -0.3 is 4.57 Å². The fourth-order valence-electron chi connectivity index (χ4n) is 7.56. The molecule has 1 aromatic heterocycles. The van der Waals surface area contributed by atoms with Gasteiger partial charge in [0.05, 0.1) is 33.5 Å². The number of carbonyl (C=O) groups excluding carboxylic acids is 2. The lowest BCUT2D eigenvalue weighted by Gasteiger charge is -2.16. The number of benzene rings is 7. The highest BCUT2D eigenvalue weighted by molar-refractivity contribution is 6.36. The zero-order chi connectivity index (χ0) is 33.9. The maximum Gasteiger partial charge on any atom is 0.268 e. The molecule has 0 unspecified atom stereocenters. The van der Waals surface area contributed by atoms with Gasteiger partial charge >= 0.3 is 0 Å². The standard InChI is InChI=1S/C46H32N2O2/c1-29-12-6-8-18-36(29)33-22-24-41-39(27-33)40-28-34(37-19-9-7-13-30(37)2)23-25-42(40)48(41)43-21-11-20-38-44(43)46(50)47(45(38)49)35-17-10-16-32(26-35)31-14-4-3-5-15-31/h3-28H,1-2H3. The predicted molar refractivity (Wildman–Crippen MR) is 204 cm³/mol. The molecular formula is C46H32N2O2. The number of anilines is 1. The smallest absolute Gasteiger partial charge is 0.268 e. The van der Waals surface area contributed by atoms with Crippen molar-refractivity contribution in [2.45, 2.75) is 13.8 Å². The molecule has 0 atom stereocenters. The van der Waals surface area contributed by atoms with Crippen molar-refractivity contribution in [3.05, 3.63) is 180 Å². The summed E-state index contributed by atoms with van der Waals surface area (Å²) in [4.78, 5) is 29.9. The van der Waals surface area contributed by atoms with E-state index in [2.05, 4.69) is 103 Å². The summed E-state index contributed by atoms with van der Waals surface area (Å²) >= 11 is 0. The molecule has 1 aliphatic rings. The molecule has 0 N–H and O–H groups in total. The van der Waals surface area contributed by atoms with Crippen molar-refractivity contribution in [1.82, 2.24) is 4.57 Å². The molecule has 0 saturated carbocycles. The molecule has 4 nitrogen and oxygen atoms in total. The second kappa shape index (κ2) is 11.6. The van der Waals surface area contributed by atoms with Gasteiger partial charge in [-0.05, 0) is 107 Å². The van der Waals surface area contributed by atoms with Crippen LogP contribution in [0.5, 0.6) is 0 Å². The second-order valence-electron chi connectivity index (χ2n) is 13.0. The molecule has 0 bridgehead atoms. The molecule has 50 heavy (non-hydrogen) atoms. The molecule has 2 amide bonds. The van der Waals surface area contributed by atoms with Crippen molar-refractivity contribution in [2.75, 3.05) is 4.90 Å². The van der Waals surface area contributed by atoms with Crippen molar-refractivity contribution in [1.29, 1.82) is 0 Å². The van der Waals surface area contributed by atoms with Gasteiger partial charge in [-0.3, -0.25) is 9.59 Å². The maximum atomic E-state index is 14.5. The highest BCUT2D eigenvalue weighted by Gasteiger charge is 2.39. The van der Waals surface area contributed by atoms with Gasteiger partial charge in [-0.15, -0.1) is 0 Å². The summed E-state index contributed by atoms with van der Waals surface area (Å²) in [6.45, 7) is 4.27. The Balaban J connectivity index is 1.25. The number of carbonyl (C=O) groups is 2. The lowest BCUT2D eigenvalue weighted by atomic mass is 9.97. The molecule has 8 aromatic rings. The monoisotopic (exact) mass is 644 g/mol. The van der Waals surface area contributed by atoms with Crippen LogP contribution in [0.3, 0.4) is 0 Å². The molecule has 0 radical (unpaired) electrons. The van der Waals surface area contributed by atoms with Crippen LogP contribution < -0.4 is 4.90 Å². The van der Waals surface area contributed by atoms with Crippen LogP contribution in [0.2, 0.25) is 0 Å². The van der Waals surface area contributed by atoms with E-state index in [-0.39, 0.29) is 11.8 Å². The van der Waals surface area contributed by atoms with Gasteiger partial charge in [0.25, 0.3) is 11.8 Å². The molecule has 9 rings (SSSR count). The number of imide groups is 1. The van der Waals surface area contributed by atoms with Crippen LogP contribution in [0.15, 0.2) is 158 Å². The number of amides is 2. The quantitative estimate of drug-likeness (QED) is 0.175. The average molecular weight is 645 g/mol. The third-order valence-electron chi connectivity index (χ3n) is 10.0. The third kappa shape index (κ3) is 4.61. The van der Waals surface area contributed by atoms with Crippen LogP contribution >= 0.6 is 0 Å². The Morgan fingerprint density at radius 1 is 0.420 bits per heavy atom. The summed E-state index contributed by atoms with van der Waals surface area (Å²) in [6, 6.07) is 53.2. The fraction of sp³-hybridized carbons (Fsp3) is 0.0435. The van der Waals surface area contributed by atoms with Gasteiger partial charge in [-0.1, -0.05) is 109 Å². The topological polar surface area (TPSA) is 42.3 Å². The first-order chi connectivity index (χ1) is 24.5. The molecule has 7 aromatic carbocycles. The lowest BCUT2D eigenvalue weighted by Crippen LogP contribution is -2.29. The largest absolute Gasteiger partial charge is 0.308 e. The summed E-state index contributed by atoms with van der Waals surface area (Å²) in [5.74, 6) is -0.643. The van der Waals surface area contributed by atoms with Crippen LogP contribution in [-0.4, -0.2) is 16.4 Å². The highest BCUT2D eigenvalue weighted by atomic mass is 16.2. The van der Waals surface area contributed by atoms with Crippen molar-refractivity contribution >= 4 is 39.3 Å². The first kappa shape index (κ1) is 29.6. The Hall–Kier alpha value is -6.52. The number of aryl methyl sites for hydroxylation is 2. The molecule has 0 aliphatic carbocycles. The molecule has 2 heterocycles. The van der Waals surface area contributed by atoms with Crippen LogP contribution in [0.25, 0.3) is 60.9 Å². The van der Waals surface area contributed by atoms with Crippen molar-refractivity contribution in [2.24, 2.45) is 0 Å². The summed E-state index contributed by atoms with van der Waals surface area (Å²) in [5, 5.41) is 2.16. The van der Waals surface area contributed by atoms with E-state index in [4.69, 9.17) is 0 Å². The predicted octanol–water partition coefficient (Wildman–Crippen LogP) is 11.2. The van der Waals surface area contributed by atoms with Crippen LogP contribution in [0, 0.1) is 13.8 Å². The minimum Gasteiger partial charge on any atom is -0.308 e. The number of aromatic nitrogens is 1. The highest BCUT2D eigenvalue weighted by Crippen LogP contribution is 2.41. The Bertz CT molecular complexity index is 2560. The van der Waals surface area contributed by atoms with Gasteiger partial charge in [0.1, 0.15) is 0 Å². The van der Waals surface area contributed by atoms with E-state index in [9.17, 15) is 9.59 Å². The molecule has 1 aliphatic heterocycles. The van der Waals surface area contributed by atoms with E-state index >= 15 is 0 Å². The molecule has 0 spiro atoms. The summed E-state index contributed by atoms with van der Waals surface area (Å²) in [6.07, 6.45) is 0. The maximum absolute atomic E-state index is 14.5. The lowest BCUT2D eigenvalue weighted by molar-refractivity contribution is 0.0926. The zero-order valence-electron chi connectivity index (χ0n) is 27.7. The van der Waals surface area contributed by atoms with Crippen molar-refractivity contribution in [3.63, 3.8) is 0 Å². The Morgan fingerprint density at radius 2 is 0.960 bits per heavy atom. The fourth-order valence-corrected chi connectivity index (χ4v) is 7.56. The van der Waals surface area contributed by atoms with Crippen LogP contribution in [0.4, 0.5) is 5.69 Å². The Morgan fingerprint density at radius 3 is 1.58 bits per heavy atom. The van der Waals surface area contributed by atoms with Gasteiger partial charge in [0.2, 0.25) is 0 Å². The van der Waals surface area contributed by atoms with E-state index in [1.807, 2.05) is 66.7 Å². The molecular weight excluding hydrogens is 613 g/mol. The summed E-state index contributed by atoms with van der Waals surface area (Å²) in [7, 11) is 0. The first-order valence-electron chi connectivity index (χ1n) is 16.9. The van der Waals surface area contributed by atoms with Gasteiger partial charge in [0.15, 0.2) is 0 Å².